The summed E-state index contributed by atoms with van der Waals surface area (Å²) in [6.07, 6.45) is 1.87. The molecule has 2 heterocycles. The second-order valence-corrected chi connectivity index (χ2v) is 4.75. The van der Waals surface area contributed by atoms with Gasteiger partial charge in [-0.05, 0) is 18.8 Å². The first-order valence-corrected chi connectivity index (χ1v) is 5.89. The highest BCUT2D eigenvalue weighted by atomic mass is 16.5. The number of ether oxygens (including phenoxy) is 1. The van der Waals surface area contributed by atoms with Crippen molar-refractivity contribution in [2.45, 2.75) is 31.4 Å². The zero-order valence-corrected chi connectivity index (χ0v) is 9.34. The summed E-state index contributed by atoms with van der Waals surface area (Å²) in [5.74, 6) is -0.301. The lowest BCUT2D eigenvalue weighted by Crippen LogP contribution is -2.40. The summed E-state index contributed by atoms with van der Waals surface area (Å²) in [7, 11) is 0. The van der Waals surface area contributed by atoms with Crippen LogP contribution >= 0.6 is 0 Å². The van der Waals surface area contributed by atoms with Gasteiger partial charge in [-0.2, -0.15) is 0 Å². The third-order valence-electron chi connectivity index (χ3n) is 3.50. The summed E-state index contributed by atoms with van der Waals surface area (Å²) >= 11 is 0. The van der Waals surface area contributed by atoms with Crippen LogP contribution in [0.25, 0.3) is 0 Å². The minimum Gasteiger partial charge on any atom is -0.480 e. The summed E-state index contributed by atoms with van der Waals surface area (Å²) in [4.78, 5) is 12.9. The number of likely N-dealkylation sites (tertiary alicyclic amines) is 1. The van der Waals surface area contributed by atoms with Crippen LogP contribution in [0.15, 0.2) is 0 Å². The fraction of sp³-hybridized carbons (Fsp3) is 0.909. The molecule has 0 aliphatic carbocycles. The van der Waals surface area contributed by atoms with Crippen LogP contribution in [0, 0.1) is 5.92 Å². The van der Waals surface area contributed by atoms with Crippen molar-refractivity contribution in [1.82, 2.24) is 4.90 Å². The third-order valence-corrected chi connectivity index (χ3v) is 3.50. The van der Waals surface area contributed by atoms with Crippen molar-refractivity contribution in [2.75, 3.05) is 26.3 Å². The molecule has 0 aromatic rings. The van der Waals surface area contributed by atoms with Gasteiger partial charge in [0.05, 0.1) is 6.10 Å². The number of nitrogens with zero attached hydrogens (tertiary/aromatic N) is 1. The first-order valence-electron chi connectivity index (χ1n) is 5.89. The summed E-state index contributed by atoms with van der Waals surface area (Å²) < 4.78 is 5.28. The number of carbonyl (C=O) groups is 1. The molecule has 0 unspecified atom stereocenters. The highest BCUT2D eigenvalue weighted by molar-refractivity contribution is 5.74. The largest absolute Gasteiger partial charge is 0.480 e. The molecule has 2 fully saturated rings. The van der Waals surface area contributed by atoms with Crippen molar-refractivity contribution in [3.8, 4) is 0 Å². The Balaban J connectivity index is 1.89. The van der Waals surface area contributed by atoms with Gasteiger partial charge < -0.3 is 14.9 Å². The first-order chi connectivity index (χ1) is 7.66. The van der Waals surface area contributed by atoms with Crippen LogP contribution in [0.4, 0.5) is 0 Å². The predicted molar refractivity (Wildman–Crippen MR) is 57.2 cm³/mol. The van der Waals surface area contributed by atoms with Gasteiger partial charge in [-0.1, -0.05) is 0 Å². The lowest BCUT2D eigenvalue weighted by molar-refractivity contribution is -0.142. The Kier molecular flexibility index (Phi) is 3.78. The molecule has 2 rings (SSSR count). The number of aliphatic hydroxyl groups excluding tert-OH is 1. The molecule has 5 nitrogen and oxygen atoms in total. The molecule has 0 amide bonds. The Hall–Kier alpha value is -0.650. The predicted octanol–water partition coefficient (Wildman–Crippen LogP) is -0.0672. The van der Waals surface area contributed by atoms with E-state index in [1.54, 1.807) is 0 Å². The van der Waals surface area contributed by atoms with E-state index in [4.69, 9.17) is 9.84 Å². The van der Waals surface area contributed by atoms with E-state index in [0.717, 1.165) is 32.6 Å². The zero-order valence-electron chi connectivity index (χ0n) is 9.34. The lowest BCUT2D eigenvalue weighted by Gasteiger charge is -2.29. The summed E-state index contributed by atoms with van der Waals surface area (Å²) in [5, 5.41) is 18.6. The molecule has 5 heteroatoms. The number of rotatable bonds is 3. The minimum absolute atomic E-state index is 0.360. The third kappa shape index (κ3) is 2.72. The van der Waals surface area contributed by atoms with Gasteiger partial charge >= 0.3 is 5.97 Å². The lowest BCUT2D eigenvalue weighted by atomic mass is 9.99. The van der Waals surface area contributed by atoms with Gasteiger partial charge in [0.15, 0.2) is 0 Å². The van der Waals surface area contributed by atoms with E-state index in [9.17, 15) is 9.90 Å². The van der Waals surface area contributed by atoms with Crippen LogP contribution in [0.2, 0.25) is 0 Å². The van der Waals surface area contributed by atoms with Crippen molar-refractivity contribution < 1.29 is 19.7 Å². The van der Waals surface area contributed by atoms with Crippen molar-refractivity contribution in [3.05, 3.63) is 0 Å². The van der Waals surface area contributed by atoms with E-state index in [1.807, 2.05) is 4.90 Å². The van der Waals surface area contributed by atoms with E-state index >= 15 is 0 Å². The quantitative estimate of drug-likeness (QED) is 0.709. The van der Waals surface area contributed by atoms with E-state index in [1.165, 1.54) is 0 Å². The number of hydrogen-bond acceptors (Lipinski definition) is 4. The number of carboxylic acid groups (broad SMARTS) is 1. The van der Waals surface area contributed by atoms with E-state index in [-0.39, 0.29) is 0 Å². The summed E-state index contributed by atoms with van der Waals surface area (Å²) in [6, 6.07) is -0.502. The van der Waals surface area contributed by atoms with Gasteiger partial charge in [-0.3, -0.25) is 9.69 Å². The smallest absolute Gasteiger partial charge is 0.321 e. The number of β-amino-alcohol motifs (C(OH)–C–C–N with tert-alkyl or cyclic N) is 1. The maximum atomic E-state index is 11.0. The number of hydrogen-bond donors (Lipinski definition) is 2. The monoisotopic (exact) mass is 229 g/mol. The molecule has 0 bridgehead atoms. The first kappa shape index (κ1) is 11.8. The second-order valence-electron chi connectivity index (χ2n) is 4.75. The van der Waals surface area contributed by atoms with Gasteiger partial charge in [0.2, 0.25) is 0 Å². The fourth-order valence-corrected chi connectivity index (χ4v) is 2.60. The van der Waals surface area contributed by atoms with Crippen molar-refractivity contribution in [3.63, 3.8) is 0 Å². The van der Waals surface area contributed by atoms with Crippen LogP contribution < -0.4 is 0 Å². The van der Waals surface area contributed by atoms with Gasteiger partial charge in [0, 0.05) is 32.7 Å². The molecular weight excluding hydrogens is 210 g/mol. The molecule has 2 aliphatic heterocycles. The van der Waals surface area contributed by atoms with E-state index in [0.29, 0.717) is 18.9 Å². The van der Waals surface area contributed by atoms with Crippen LogP contribution in [-0.4, -0.2) is 59.5 Å². The van der Waals surface area contributed by atoms with Gasteiger partial charge in [0.1, 0.15) is 6.04 Å². The van der Waals surface area contributed by atoms with Gasteiger partial charge in [-0.25, -0.2) is 0 Å². The summed E-state index contributed by atoms with van der Waals surface area (Å²) in [6.45, 7) is 2.82. The van der Waals surface area contributed by atoms with Crippen LogP contribution in [0.5, 0.6) is 0 Å². The Morgan fingerprint density at radius 3 is 2.69 bits per heavy atom. The highest BCUT2D eigenvalue weighted by Crippen LogP contribution is 2.23. The zero-order chi connectivity index (χ0) is 11.5. The van der Waals surface area contributed by atoms with Gasteiger partial charge in [0.25, 0.3) is 0 Å². The highest BCUT2D eigenvalue weighted by Gasteiger charge is 2.36. The molecule has 2 saturated heterocycles. The van der Waals surface area contributed by atoms with Crippen LogP contribution in [0.1, 0.15) is 19.3 Å². The topological polar surface area (TPSA) is 70.0 Å². The van der Waals surface area contributed by atoms with Crippen molar-refractivity contribution >= 4 is 5.97 Å². The Morgan fingerprint density at radius 2 is 2.06 bits per heavy atom. The van der Waals surface area contributed by atoms with Crippen LogP contribution in [-0.2, 0) is 9.53 Å². The average molecular weight is 229 g/mol. The average Bonchev–Trinajstić information content (AvgIpc) is 2.61. The molecule has 92 valence electrons. The molecule has 2 aliphatic rings. The molecule has 2 atom stereocenters. The standard InChI is InChI=1S/C11H19NO4/c13-9-5-10(11(14)15)12(7-9)6-8-1-3-16-4-2-8/h8-10,13H,1-7H2,(H,14,15)/t9-,10-/m0/s1. The molecule has 0 spiro atoms. The Labute approximate surface area is 95.0 Å². The second kappa shape index (κ2) is 5.12. The summed E-state index contributed by atoms with van der Waals surface area (Å²) in [5.41, 5.74) is 0. The Morgan fingerprint density at radius 1 is 1.38 bits per heavy atom. The van der Waals surface area contributed by atoms with E-state index in [2.05, 4.69) is 0 Å². The Bertz CT molecular complexity index is 252. The van der Waals surface area contributed by atoms with E-state index < -0.39 is 18.1 Å². The minimum atomic E-state index is -0.816. The number of aliphatic carboxylic acids is 1. The molecule has 0 saturated carbocycles. The van der Waals surface area contributed by atoms with Gasteiger partial charge in [-0.15, -0.1) is 0 Å². The van der Waals surface area contributed by atoms with Crippen LogP contribution in [0.3, 0.4) is 0 Å². The SMILES string of the molecule is O=C(O)[C@@H]1C[C@H](O)CN1CC1CCOCC1. The maximum Gasteiger partial charge on any atom is 0.321 e. The molecule has 0 aromatic heterocycles. The molecule has 0 radical (unpaired) electrons. The molecule has 0 aromatic carbocycles. The molecular formula is C11H19NO4. The fourth-order valence-electron chi connectivity index (χ4n) is 2.60. The number of carboxylic acids is 1. The molecule has 2 N–H and O–H groups in total. The number of aliphatic hydroxyl groups is 1. The normalized spacial score (nSPS) is 33.1. The maximum absolute atomic E-state index is 11.0. The van der Waals surface area contributed by atoms with Crippen molar-refractivity contribution in [2.24, 2.45) is 5.92 Å². The van der Waals surface area contributed by atoms with Crippen molar-refractivity contribution in [1.29, 1.82) is 0 Å². The molecule has 16 heavy (non-hydrogen) atoms.